The Morgan fingerprint density at radius 3 is 2.67 bits per heavy atom. The minimum Gasteiger partial charge on any atom is -0.462 e. The van der Waals surface area contributed by atoms with E-state index in [1.54, 1.807) is 19.1 Å². The lowest BCUT2D eigenvalue weighted by atomic mass is 9.99. The van der Waals surface area contributed by atoms with Gasteiger partial charge in [-0.15, -0.1) is 11.6 Å². The number of halogens is 2. The number of alkyl halides is 2. The summed E-state index contributed by atoms with van der Waals surface area (Å²) in [4.78, 5) is 23.2. The first kappa shape index (κ1) is 15.2. The lowest BCUT2D eigenvalue weighted by Crippen LogP contribution is -2.12. The first-order chi connectivity index (χ1) is 8.63. The Hall–Kier alpha value is -0.870. The third kappa shape index (κ3) is 3.82. The van der Waals surface area contributed by atoms with Crippen LogP contribution in [0.4, 0.5) is 0 Å². The smallest absolute Gasteiger partial charge is 0.338 e. The molecule has 0 aliphatic carbocycles. The van der Waals surface area contributed by atoms with Gasteiger partial charge >= 0.3 is 5.97 Å². The maximum atomic E-state index is 11.8. The second-order valence-electron chi connectivity index (χ2n) is 3.65. The number of benzene rings is 1. The monoisotopic (exact) mass is 332 g/mol. The van der Waals surface area contributed by atoms with Crippen molar-refractivity contribution in [2.45, 2.75) is 18.7 Å². The Labute approximate surface area is 120 Å². The van der Waals surface area contributed by atoms with Gasteiger partial charge in [-0.3, -0.25) is 4.79 Å². The predicted octanol–water partition coefficient (Wildman–Crippen LogP) is 3.11. The van der Waals surface area contributed by atoms with Gasteiger partial charge in [0.2, 0.25) is 0 Å². The van der Waals surface area contributed by atoms with E-state index in [2.05, 4.69) is 15.9 Å². The minimum atomic E-state index is -0.368. The van der Waals surface area contributed by atoms with Crippen LogP contribution in [-0.2, 0) is 21.3 Å². The predicted molar refractivity (Wildman–Crippen MR) is 74.5 cm³/mol. The SMILES string of the molecule is CCOC(=O)c1cccc(CC(=O)CCl)c1CBr. The van der Waals surface area contributed by atoms with Gasteiger partial charge in [-0.1, -0.05) is 28.1 Å². The summed E-state index contributed by atoms with van der Waals surface area (Å²) in [6.07, 6.45) is 0.234. The standard InChI is InChI=1S/C13H14BrClO3/c1-2-18-13(17)11-5-3-4-9(12(11)7-14)6-10(16)8-15/h3-5H,2,6-8H2,1H3. The lowest BCUT2D eigenvalue weighted by Gasteiger charge is -2.11. The molecule has 3 nitrogen and oxygen atoms in total. The van der Waals surface area contributed by atoms with Gasteiger partial charge in [0.25, 0.3) is 0 Å². The molecule has 0 spiro atoms. The van der Waals surface area contributed by atoms with E-state index >= 15 is 0 Å². The zero-order chi connectivity index (χ0) is 13.5. The summed E-state index contributed by atoms with van der Waals surface area (Å²) in [6, 6.07) is 5.27. The lowest BCUT2D eigenvalue weighted by molar-refractivity contribution is -0.116. The van der Waals surface area contributed by atoms with Crippen molar-refractivity contribution >= 4 is 39.3 Å². The highest BCUT2D eigenvalue weighted by Crippen LogP contribution is 2.20. The Morgan fingerprint density at radius 1 is 1.39 bits per heavy atom. The Balaban J connectivity index is 3.09. The van der Waals surface area contributed by atoms with E-state index in [4.69, 9.17) is 16.3 Å². The van der Waals surface area contributed by atoms with E-state index in [0.717, 1.165) is 11.1 Å². The van der Waals surface area contributed by atoms with E-state index < -0.39 is 0 Å². The second-order valence-corrected chi connectivity index (χ2v) is 4.47. The average molecular weight is 334 g/mol. The van der Waals surface area contributed by atoms with Crippen LogP contribution >= 0.6 is 27.5 Å². The molecule has 1 rings (SSSR count). The number of hydrogen-bond acceptors (Lipinski definition) is 3. The summed E-state index contributed by atoms with van der Waals surface area (Å²) < 4.78 is 4.99. The normalized spacial score (nSPS) is 10.2. The van der Waals surface area contributed by atoms with Gasteiger partial charge in [0, 0.05) is 11.8 Å². The topological polar surface area (TPSA) is 43.4 Å². The third-order valence-electron chi connectivity index (χ3n) is 2.44. The Kier molecular flexibility index (Phi) is 6.36. The molecule has 0 radical (unpaired) electrons. The summed E-state index contributed by atoms with van der Waals surface area (Å²) in [5.41, 5.74) is 2.09. The van der Waals surface area contributed by atoms with Crippen molar-refractivity contribution < 1.29 is 14.3 Å². The van der Waals surface area contributed by atoms with Gasteiger partial charge in [0.1, 0.15) is 0 Å². The largest absolute Gasteiger partial charge is 0.462 e. The molecular formula is C13H14BrClO3. The van der Waals surface area contributed by atoms with Crippen molar-refractivity contribution in [3.63, 3.8) is 0 Å². The molecule has 18 heavy (non-hydrogen) atoms. The summed E-state index contributed by atoms with van der Waals surface area (Å²) in [5, 5.41) is 0.493. The quantitative estimate of drug-likeness (QED) is 0.593. The minimum absolute atomic E-state index is 0.0225. The number of Topliss-reactive ketones (excluding diaryl/α,β-unsaturated/α-hetero) is 1. The molecule has 0 heterocycles. The zero-order valence-electron chi connectivity index (χ0n) is 10.0. The van der Waals surface area contributed by atoms with Crippen LogP contribution in [0.25, 0.3) is 0 Å². The summed E-state index contributed by atoms with van der Waals surface area (Å²) in [7, 11) is 0. The number of ketones is 1. The molecule has 0 atom stereocenters. The van der Waals surface area contributed by atoms with Crippen LogP contribution in [0.3, 0.4) is 0 Å². The van der Waals surface area contributed by atoms with E-state index in [1.807, 2.05) is 6.07 Å². The molecule has 0 bridgehead atoms. The highest BCUT2D eigenvalue weighted by atomic mass is 79.9. The number of esters is 1. The molecular weight excluding hydrogens is 319 g/mol. The van der Waals surface area contributed by atoms with Crippen molar-refractivity contribution in [3.8, 4) is 0 Å². The Bertz CT molecular complexity index is 446. The van der Waals surface area contributed by atoms with Gasteiger partial charge in [-0.05, 0) is 24.1 Å². The first-order valence-corrected chi connectivity index (χ1v) is 7.21. The number of hydrogen-bond donors (Lipinski definition) is 0. The van der Waals surface area contributed by atoms with Crippen molar-refractivity contribution in [1.29, 1.82) is 0 Å². The average Bonchev–Trinajstić information content (AvgIpc) is 2.38. The van der Waals surface area contributed by atoms with Crippen LogP contribution in [0.5, 0.6) is 0 Å². The van der Waals surface area contributed by atoms with Gasteiger partial charge in [-0.25, -0.2) is 4.79 Å². The van der Waals surface area contributed by atoms with Crippen LogP contribution in [0.2, 0.25) is 0 Å². The zero-order valence-corrected chi connectivity index (χ0v) is 12.4. The van der Waals surface area contributed by atoms with Crippen molar-refractivity contribution in [1.82, 2.24) is 0 Å². The van der Waals surface area contributed by atoms with E-state index in [9.17, 15) is 9.59 Å². The molecule has 1 aromatic rings. The fraction of sp³-hybridized carbons (Fsp3) is 0.385. The Morgan fingerprint density at radius 2 is 2.11 bits per heavy atom. The molecule has 0 N–H and O–H groups in total. The van der Waals surface area contributed by atoms with Crippen LogP contribution in [-0.4, -0.2) is 24.2 Å². The highest BCUT2D eigenvalue weighted by Gasteiger charge is 2.16. The van der Waals surface area contributed by atoms with Crippen molar-refractivity contribution in [3.05, 3.63) is 34.9 Å². The third-order valence-corrected chi connectivity index (χ3v) is 3.30. The number of ether oxygens (including phenoxy) is 1. The molecule has 0 fully saturated rings. The highest BCUT2D eigenvalue weighted by molar-refractivity contribution is 9.08. The van der Waals surface area contributed by atoms with Crippen LogP contribution in [0.1, 0.15) is 28.4 Å². The maximum absolute atomic E-state index is 11.8. The molecule has 0 aliphatic heterocycles. The van der Waals surface area contributed by atoms with Crippen molar-refractivity contribution in [2.75, 3.05) is 12.5 Å². The van der Waals surface area contributed by atoms with Gasteiger partial charge < -0.3 is 4.74 Å². The molecule has 0 saturated heterocycles. The first-order valence-electron chi connectivity index (χ1n) is 5.55. The van der Waals surface area contributed by atoms with E-state index in [1.165, 1.54) is 0 Å². The van der Waals surface area contributed by atoms with E-state index in [-0.39, 0.29) is 24.1 Å². The summed E-state index contributed by atoms with van der Waals surface area (Å²) in [6.45, 7) is 2.08. The molecule has 0 saturated carbocycles. The molecule has 98 valence electrons. The fourth-order valence-corrected chi connectivity index (χ4v) is 2.37. The summed E-state index contributed by atoms with van der Waals surface area (Å²) in [5.74, 6) is -0.460. The summed E-state index contributed by atoms with van der Waals surface area (Å²) >= 11 is 8.83. The van der Waals surface area contributed by atoms with Gasteiger partial charge in [-0.2, -0.15) is 0 Å². The number of rotatable bonds is 6. The van der Waals surface area contributed by atoms with Crippen LogP contribution in [0.15, 0.2) is 18.2 Å². The molecule has 0 aromatic heterocycles. The molecule has 0 amide bonds. The molecule has 0 unspecified atom stereocenters. The van der Waals surface area contributed by atoms with Crippen LogP contribution < -0.4 is 0 Å². The molecule has 5 heteroatoms. The molecule has 1 aromatic carbocycles. The molecule has 0 aliphatic rings. The number of carbonyl (C=O) groups is 2. The maximum Gasteiger partial charge on any atom is 0.338 e. The van der Waals surface area contributed by atoms with Crippen molar-refractivity contribution in [2.24, 2.45) is 0 Å². The van der Waals surface area contributed by atoms with Gasteiger partial charge in [0.05, 0.1) is 18.1 Å². The van der Waals surface area contributed by atoms with Crippen LogP contribution in [0, 0.1) is 0 Å². The second kappa shape index (κ2) is 7.54. The number of carbonyl (C=O) groups excluding carboxylic acids is 2. The van der Waals surface area contributed by atoms with E-state index in [0.29, 0.717) is 17.5 Å². The van der Waals surface area contributed by atoms with Gasteiger partial charge in [0.15, 0.2) is 5.78 Å². The fourth-order valence-electron chi connectivity index (χ4n) is 1.62.